The fourth-order valence-electron chi connectivity index (χ4n) is 3.30. The first-order chi connectivity index (χ1) is 12.4. The maximum absolute atomic E-state index is 12.4. The van der Waals surface area contributed by atoms with Gasteiger partial charge in [-0.25, -0.2) is 4.79 Å². The van der Waals surface area contributed by atoms with Crippen LogP contribution in [0.1, 0.15) is 29.8 Å². The number of rotatable bonds is 4. The van der Waals surface area contributed by atoms with Gasteiger partial charge in [-0.2, -0.15) is 5.10 Å². The van der Waals surface area contributed by atoms with E-state index in [0.717, 1.165) is 35.5 Å². The topological polar surface area (TPSA) is 93.3 Å². The molecule has 0 bridgehead atoms. The molecule has 138 valence electrons. The monoisotopic (exact) mass is 355 g/mol. The third kappa shape index (κ3) is 4.22. The number of carbonyl (C=O) groups is 2. The number of nitrogens with zero attached hydrogens (tertiary/aromatic N) is 3. The van der Waals surface area contributed by atoms with E-state index in [1.165, 1.54) is 0 Å². The minimum Gasteiger partial charge on any atom is -0.369 e. The third-order valence-corrected chi connectivity index (χ3v) is 4.75. The largest absolute Gasteiger partial charge is 0.369 e. The summed E-state index contributed by atoms with van der Waals surface area (Å²) in [5.74, 6) is -0.589. The molecule has 3 amide bonds. The van der Waals surface area contributed by atoms with E-state index >= 15 is 0 Å². The maximum atomic E-state index is 12.4. The second kappa shape index (κ2) is 7.59. The van der Waals surface area contributed by atoms with Gasteiger partial charge in [0.05, 0.1) is 18.2 Å². The van der Waals surface area contributed by atoms with Crippen molar-refractivity contribution in [2.24, 2.45) is 11.7 Å². The molecule has 0 aliphatic carbocycles. The molecule has 0 unspecified atom stereocenters. The summed E-state index contributed by atoms with van der Waals surface area (Å²) in [6.45, 7) is 5.74. The molecule has 0 radical (unpaired) electrons. The second-order valence-corrected chi connectivity index (χ2v) is 6.90. The standard InChI is InChI=1S/C19H25N5O2/c1-13-10-14(2)24(22-13)11-15-5-7-17(8-6-15)21-19(26)23-9-3-4-16(12-23)18(20)25/h5-8,10,16H,3-4,9,11-12H2,1-2H3,(H2,20,25)(H,21,26)/t16-/m1/s1. The van der Waals surface area contributed by atoms with E-state index in [9.17, 15) is 9.59 Å². The van der Waals surface area contributed by atoms with Crippen molar-refractivity contribution < 1.29 is 9.59 Å². The van der Waals surface area contributed by atoms with Gasteiger partial charge in [-0.3, -0.25) is 9.48 Å². The lowest BCUT2D eigenvalue weighted by atomic mass is 9.98. The minimum atomic E-state index is -0.337. The zero-order chi connectivity index (χ0) is 18.7. The molecular weight excluding hydrogens is 330 g/mol. The Balaban J connectivity index is 1.59. The normalized spacial score (nSPS) is 17.2. The summed E-state index contributed by atoms with van der Waals surface area (Å²) in [7, 11) is 0. The Hall–Kier alpha value is -2.83. The number of aromatic nitrogens is 2. The number of anilines is 1. The van der Waals surface area contributed by atoms with E-state index in [1.807, 2.05) is 48.9 Å². The summed E-state index contributed by atoms with van der Waals surface area (Å²) in [5, 5.41) is 7.35. The van der Waals surface area contributed by atoms with Crippen LogP contribution in [0, 0.1) is 19.8 Å². The summed E-state index contributed by atoms with van der Waals surface area (Å²) < 4.78 is 1.96. The van der Waals surface area contributed by atoms with Gasteiger partial charge in [-0.1, -0.05) is 12.1 Å². The molecule has 7 nitrogen and oxygen atoms in total. The summed E-state index contributed by atoms with van der Waals surface area (Å²) in [4.78, 5) is 25.4. The number of hydrogen-bond donors (Lipinski definition) is 2. The predicted molar refractivity (Wildman–Crippen MR) is 99.8 cm³/mol. The first-order valence-corrected chi connectivity index (χ1v) is 8.87. The number of amides is 3. The van der Waals surface area contributed by atoms with Crippen LogP contribution in [0.3, 0.4) is 0 Å². The zero-order valence-electron chi connectivity index (χ0n) is 15.2. The lowest BCUT2D eigenvalue weighted by molar-refractivity contribution is -0.123. The number of hydrogen-bond acceptors (Lipinski definition) is 3. The summed E-state index contributed by atoms with van der Waals surface area (Å²) in [6.07, 6.45) is 1.54. The van der Waals surface area contributed by atoms with Gasteiger partial charge in [-0.15, -0.1) is 0 Å². The van der Waals surface area contributed by atoms with Crippen molar-refractivity contribution in [1.82, 2.24) is 14.7 Å². The average molecular weight is 355 g/mol. The van der Waals surface area contributed by atoms with Crippen LogP contribution in [0.15, 0.2) is 30.3 Å². The van der Waals surface area contributed by atoms with Crippen molar-refractivity contribution in [3.63, 3.8) is 0 Å². The summed E-state index contributed by atoms with van der Waals surface area (Å²) in [5.41, 5.74) is 9.33. The molecule has 7 heteroatoms. The SMILES string of the molecule is Cc1cc(C)n(Cc2ccc(NC(=O)N3CCC[C@@H](C(N)=O)C3)cc2)n1. The number of urea groups is 1. The molecule has 0 spiro atoms. The molecule has 1 atom stereocenters. The maximum Gasteiger partial charge on any atom is 0.321 e. The number of aryl methyl sites for hydroxylation is 2. The number of piperidine rings is 1. The van der Waals surface area contributed by atoms with Crippen LogP contribution in [0.4, 0.5) is 10.5 Å². The molecule has 3 rings (SSSR count). The van der Waals surface area contributed by atoms with Gasteiger partial charge in [0, 0.05) is 24.5 Å². The molecule has 2 aromatic rings. The van der Waals surface area contributed by atoms with E-state index in [0.29, 0.717) is 19.6 Å². The highest BCUT2D eigenvalue weighted by atomic mass is 16.2. The van der Waals surface area contributed by atoms with Crippen molar-refractivity contribution in [2.75, 3.05) is 18.4 Å². The highest BCUT2D eigenvalue weighted by molar-refractivity contribution is 5.90. The molecule has 26 heavy (non-hydrogen) atoms. The smallest absolute Gasteiger partial charge is 0.321 e. The third-order valence-electron chi connectivity index (χ3n) is 4.75. The average Bonchev–Trinajstić information content (AvgIpc) is 2.94. The van der Waals surface area contributed by atoms with E-state index in [-0.39, 0.29) is 17.9 Å². The van der Waals surface area contributed by atoms with Gasteiger partial charge < -0.3 is 16.0 Å². The molecule has 1 aliphatic heterocycles. The Labute approximate surface area is 153 Å². The first-order valence-electron chi connectivity index (χ1n) is 8.87. The molecule has 0 saturated carbocycles. The van der Waals surface area contributed by atoms with Crippen molar-refractivity contribution in [3.05, 3.63) is 47.3 Å². The van der Waals surface area contributed by atoms with Crippen molar-refractivity contribution in [2.45, 2.75) is 33.2 Å². The van der Waals surface area contributed by atoms with Crippen molar-refractivity contribution in [1.29, 1.82) is 0 Å². The van der Waals surface area contributed by atoms with Gasteiger partial charge in [0.1, 0.15) is 0 Å². The van der Waals surface area contributed by atoms with Crippen LogP contribution >= 0.6 is 0 Å². The van der Waals surface area contributed by atoms with Crippen LogP contribution < -0.4 is 11.1 Å². The molecule has 2 heterocycles. The van der Waals surface area contributed by atoms with Gasteiger partial charge in [0.25, 0.3) is 0 Å². The number of benzene rings is 1. The Bertz CT molecular complexity index is 797. The number of carbonyl (C=O) groups excluding carboxylic acids is 2. The van der Waals surface area contributed by atoms with E-state index < -0.39 is 0 Å². The lowest BCUT2D eigenvalue weighted by Crippen LogP contribution is -2.45. The van der Waals surface area contributed by atoms with Gasteiger partial charge in [0.15, 0.2) is 0 Å². The Morgan fingerprint density at radius 2 is 2.00 bits per heavy atom. The lowest BCUT2D eigenvalue weighted by Gasteiger charge is -2.31. The van der Waals surface area contributed by atoms with Crippen LogP contribution in [0.25, 0.3) is 0 Å². The Kier molecular flexibility index (Phi) is 5.25. The minimum absolute atomic E-state index is 0.192. The highest BCUT2D eigenvalue weighted by Crippen LogP contribution is 2.18. The number of nitrogens with one attached hydrogen (secondary N) is 1. The molecule has 1 aromatic carbocycles. The Morgan fingerprint density at radius 3 is 2.62 bits per heavy atom. The molecule has 1 aliphatic rings. The molecule has 1 aromatic heterocycles. The highest BCUT2D eigenvalue weighted by Gasteiger charge is 2.26. The zero-order valence-corrected chi connectivity index (χ0v) is 15.2. The Morgan fingerprint density at radius 1 is 1.27 bits per heavy atom. The van der Waals surface area contributed by atoms with Gasteiger partial charge in [0.2, 0.25) is 5.91 Å². The van der Waals surface area contributed by atoms with E-state index in [1.54, 1.807) is 4.90 Å². The number of primary amides is 1. The number of nitrogens with two attached hydrogens (primary N) is 1. The molecule has 1 saturated heterocycles. The fraction of sp³-hybridized carbons (Fsp3) is 0.421. The predicted octanol–water partition coefficient (Wildman–Crippen LogP) is 2.28. The number of likely N-dealkylation sites (tertiary alicyclic amines) is 1. The van der Waals surface area contributed by atoms with Crippen molar-refractivity contribution in [3.8, 4) is 0 Å². The quantitative estimate of drug-likeness (QED) is 0.881. The van der Waals surface area contributed by atoms with Gasteiger partial charge >= 0.3 is 6.03 Å². The van der Waals surface area contributed by atoms with Crippen LogP contribution in [-0.4, -0.2) is 39.7 Å². The summed E-state index contributed by atoms with van der Waals surface area (Å²) in [6, 6.07) is 9.58. The summed E-state index contributed by atoms with van der Waals surface area (Å²) >= 11 is 0. The van der Waals surface area contributed by atoms with Crippen LogP contribution in [0.5, 0.6) is 0 Å². The molecule has 3 N–H and O–H groups in total. The first kappa shape index (κ1) is 18.0. The van der Waals surface area contributed by atoms with Crippen LogP contribution in [-0.2, 0) is 11.3 Å². The van der Waals surface area contributed by atoms with E-state index in [2.05, 4.69) is 10.4 Å². The van der Waals surface area contributed by atoms with Crippen molar-refractivity contribution >= 4 is 17.6 Å². The second-order valence-electron chi connectivity index (χ2n) is 6.90. The van der Waals surface area contributed by atoms with Crippen LogP contribution in [0.2, 0.25) is 0 Å². The molecular formula is C19H25N5O2. The fourth-order valence-corrected chi connectivity index (χ4v) is 3.30. The molecule has 1 fully saturated rings. The van der Waals surface area contributed by atoms with E-state index in [4.69, 9.17) is 5.73 Å². The van der Waals surface area contributed by atoms with Gasteiger partial charge in [-0.05, 0) is 50.5 Å².